The number of carboxylic acids is 1. The van der Waals surface area contributed by atoms with E-state index in [0.717, 1.165) is 20.7 Å². The van der Waals surface area contributed by atoms with E-state index < -0.39 is 27.4 Å². The van der Waals surface area contributed by atoms with Crippen LogP contribution in [0.2, 0.25) is 0 Å². The number of hydrogen-bond acceptors (Lipinski definition) is 4. The first-order valence-electron chi connectivity index (χ1n) is 5.46. The van der Waals surface area contributed by atoms with Gasteiger partial charge in [-0.05, 0) is 39.9 Å². The van der Waals surface area contributed by atoms with Crippen LogP contribution in [0.4, 0.5) is 0 Å². The highest BCUT2D eigenvalue weighted by Gasteiger charge is 2.35. The van der Waals surface area contributed by atoms with Crippen LogP contribution in [0.15, 0.2) is 14.1 Å². The van der Waals surface area contributed by atoms with E-state index in [9.17, 15) is 13.2 Å². The molecule has 0 saturated heterocycles. The van der Waals surface area contributed by atoms with E-state index in [1.54, 1.807) is 27.7 Å². The van der Waals surface area contributed by atoms with Gasteiger partial charge in [-0.2, -0.15) is 4.72 Å². The van der Waals surface area contributed by atoms with E-state index in [2.05, 4.69) is 20.7 Å². The predicted molar refractivity (Wildman–Crippen MR) is 78.0 cm³/mol. The van der Waals surface area contributed by atoms with Crippen LogP contribution in [0, 0.1) is 12.3 Å². The Morgan fingerprint density at radius 1 is 1.47 bits per heavy atom. The van der Waals surface area contributed by atoms with Gasteiger partial charge in [0.2, 0.25) is 0 Å². The van der Waals surface area contributed by atoms with Gasteiger partial charge in [0, 0.05) is 0 Å². The quantitative estimate of drug-likeness (QED) is 0.854. The van der Waals surface area contributed by atoms with Gasteiger partial charge in [0.05, 0.1) is 3.79 Å². The van der Waals surface area contributed by atoms with E-state index in [1.807, 2.05) is 0 Å². The zero-order valence-corrected chi connectivity index (χ0v) is 14.2. The molecule has 1 rings (SSSR count). The molecule has 8 heteroatoms. The number of nitrogens with one attached hydrogen (secondary N) is 1. The van der Waals surface area contributed by atoms with Crippen molar-refractivity contribution in [2.24, 2.45) is 5.41 Å². The molecule has 1 unspecified atom stereocenters. The topological polar surface area (TPSA) is 83.5 Å². The number of thiophene rings is 1. The summed E-state index contributed by atoms with van der Waals surface area (Å²) in [6.45, 7) is 6.79. The third-order valence-electron chi connectivity index (χ3n) is 2.49. The molecule has 0 fully saturated rings. The average Bonchev–Trinajstić information content (AvgIpc) is 2.55. The van der Waals surface area contributed by atoms with Crippen molar-refractivity contribution in [2.45, 2.75) is 37.9 Å². The summed E-state index contributed by atoms with van der Waals surface area (Å²) in [5, 5.41) is 9.15. The maximum Gasteiger partial charge on any atom is 0.322 e. The summed E-state index contributed by atoms with van der Waals surface area (Å²) in [5.74, 6) is -1.19. The third kappa shape index (κ3) is 4.01. The summed E-state index contributed by atoms with van der Waals surface area (Å²) in [6, 6.07) is 0.331. The molecular weight excluding hydrogens is 354 g/mol. The monoisotopic (exact) mass is 369 g/mol. The molecule has 0 aliphatic carbocycles. The normalized spacial score (nSPS) is 14.4. The first-order valence-corrected chi connectivity index (χ1v) is 8.55. The number of hydrogen-bond donors (Lipinski definition) is 2. The Morgan fingerprint density at radius 3 is 2.32 bits per heavy atom. The Hall–Kier alpha value is -0.440. The van der Waals surface area contributed by atoms with Crippen LogP contribution in [0.1, 0.15) is 26.3 Å². The molecule has 0 saturated carbocycles. The highest BCUT2D eigenvalue weighted by molar-refractivity contribution is 9.11. The minimum absolute atomic E-state index is 0.104. The fourth-order valence-electron chi connectivity index (χ4n) is 1.38. The maximum atomic E-state index is 12.2. The fraction of sp³-hybridized carbons (Fsp3) is 0.545. The van der Waals surface area contributed by atoms with Crippen LogP contribution >= 0.6 is 27.3 Å². The molecule has 1 aromatic heterocycles. The standard InChI is InChI=1S/C11H16BrNO4S2/c1-6-5-7(18-9(6)12)19(16,17)13-8(10(14)15)11(2,3)4/h5,8,13H,1-4H3,(H,14,15). The van der Waals surface area contributed by atoms with Crippen molar-refractivity contribution in [1.29, 1.82) is 0 Å². The van der Waals surface area contributed by atoms with E-state index in [-0.39, 0.29) is 4.21 Å². The molecule has 0 radical (unpaired) electrons. The highest BCUT2D eigenvalue weighted by atomic mass is 79.9. The Balaban J connectivity index is 3.11. The van der Waals surface area contributed by atoms with Crippen molar-refractivity contribution in [2.75, 3.05) is 0 Å². The zero-order valence-electron chi connectivity index (χ0n) is 11.0. The predicted octanol–water partition coefficient (Wildman–Crippen LogP) is 2.60. The Labute approximate surface area is 125 Å². The van der Waals surface area contributed by atoms with Crippen LogP contribution in [0.25, 0.3) is 0 Å². The molecule has 5 nitrogen and oxygen atoms in total. The number of halogens is 1. The highest BCUT2D eigenvalue weighted by Crippen LogP contribution is 2.31. The lowest BCUT2D eigenvalue weighted by molar-refractivity contribution is -0.141. The van der Waals surface area contributed by atoms with Gasteiger partial charge >= 0.3 is 5.97 Å². The summed E-state index contributed by atoms with van der Waals surface area (Å²) >= 11 is 4.31. The van der Waals surface area contributed by atoms with Gasteiger partial charge in [-0.1, -0.05) is 20.8 Å². The Kier molecular flexibility index (Phi) is 4.82. The Bertz CT molecular complexity index is 567. The largest absolute Gasteiger partial charge is 0.480 e. The number of carboxylic acid groups (broad SMARTS) is 1. The maximum absolute atomic E-state index is 12.2. The molecule has 0 aliphatic rings. The first kappa shape index (κ1) is 16.6. The minimum atomic E-state index is -3.83. The number of carbonyl (C=O) groups is 1. The van der Waals surface area contributed by atoms with Crippen molar-refractivity contribution in [3.63, 3.8) is 0 Å². The summed E-state index contributed by atoms with van der Waals surface area (Å²) in [7, 11) is -3.83. The second-order valence-corrected chi connectivity index (χ2v) is 9.59. The van der Waals surface area contributed by atoms with E-state index in [4.69, 9.17) is 5.11 Å². The number of aliphatic carboxylic acids is 1. The number of aryl methyl sites for hydroxylation is 1. The van der Waals surface area contributed by atoms with Crippen LogP contribution < -0.4 is 4.72 Å². The second-order valence-electron chi connectivity index (χ2n) is 5.28. The zero-order chi connectivity index (χ0) is 15.0. The SMILES string of the molecule is Cc1cc(S(=O)(=O)NC(C(=O)O)C(C)(C)C)sc1Br. The van der Waals surface area contributed by atoms with Crippen molar-refractivity contribution < 1.29 is 18.3 Å². The molecule has 0 aliphatic heterocycles. The van der Waals surface area contributed by atoms with Gasteiger partial charge in [-0.25, -0.2) is 8.42 Å². The fourth-order valence-corrected chi connectivity index (χ4v) is 5.01. The smallest absolute Gasteiger partial charge is 0.322 e. The van der Waals surface area contributed by atoms with Gasteiger partial charge in [-0.3, -0.25) is 4.79 Å². The third-order valence-corrected chi connectivity index (χ3v) is 6.52. The van der Waals surface area contributed by atoms with Gasteiger partial charge in [0.25, 0.3) is 10.0 Å². The molecular formula is C11H16BrNO4S2. The van der Waals surface area contributed by atoms with Gasteiger partial charge < -0.3 is 5.11 Å². The van der Waals surface area contributed by atoms with Gasteiger partial charge in [0.15, 0.2) is 0 Å². The summed E-state index contributed by atoms with van der Waals surface area (Å²) in [5.41, 5.74) is 0.0793. The molecule has 0 bridgehead atoms. The van der Waals surface area contributed by atoms with Crippen LogP contribution in [-0.2, 0) is 14.8 Å². The lowest BCUT2D eigenvalue weighted by atomic mass is 9.88. The average molecular weight is 370 g/mol. The molecule has 0 spiro atoms. The molecule has 2 N–H and O–H groups in total. The lowest BCUT2D eigenvalue weighted by Crippen LogP contribution is -2.48. The van der Waals surface area contributed by atoms with E-state index >= 15 is 0 Å². The molecule has 19 heavy (non-hydrogen) atoms. The Morgan fingerprint density at radius 2 is 2.00 bits per heavy atom. The molecule has 0 aromatic carbocycles. The van der Waals surface area contributed by atoms with Gasteiger partial charge in [-0.15, -0.1) is 11.3 Å². The van der Waals surface area contributed by atoms with E-state index in [1.165, 1.54) is 6.07 Å². The van der Waals surface area contributed by atoms with Crippen LogP contribution in [0.3, 0.4) is 0 Å². The summed E-state index contributed by atoms with van der Waals surface area (Å²) < 4.78 is 27.4. The van der Waals surface area contributed by atoms with Gasteiger partial charge in [0.1, 0.15) is 10.3 Å². The van der Waals surface area contributed by atoms with Crippen molar-refractivity contribution in [3.05, 3.63) is 15.4 Å². The summed E-state index contributed by atoms with van der Waals surface area (Å²) in [6.07, 6.45) is 0. The first-order chi connectivity index (χ1) is 8.45. The molecule has 0 amide bonds. The van der Waals surface area contributed by atoms with Crippen LogP contribution in [0.5, 0.6) is 0 Å². The van der Waals surface area contributed by atoms with E-state index in [0.29, 0.717) is 0 Å². The molecule has 1 atom stereocenters. The minimum Gasteiger partial charge on any atom is -0.480 e. The molecule has 1 heterocycles. The van der Waals surface area contributed by atoms with Crippen molar-refractivity contribution >= 4 is 43.3 Å². The lowest BCUT2D eigenvalue weighted by Gasteiger charge is -2.27. The van der Waals surface area contributed by atoms with Crippen LogP contribution in [-0.4, -0.2) is 25.5 Å². The number of sulfonamides is 1. The molecule has 108 valence electrons. The molecule has 1 aromatic rings. The number of rotatable bonds is 4. The van der Waals surface area contributed by atoms with Crippen molar-refractivity contribution in [1.82, 2.24) is 4.72 Å². The second kappa shape index (κ2) is 5.51. The summed E-state index contributed by atoms with van der Waals surface area (Å²) in [4.78, 5) is 11.2. The van der Waals surface area contributed by atoms with Crippen molar-refractivity contribution in [3.8, 4) is 0 Å².